The normalized spacial score (nSPS) is 13.8. The Kier molecular flexibility index (Phi) is 7.33. The highest BCUT2D eigenvalue weighted by Crippen LogP contribution is 2.41. The van der Waals surface area contributed by atoms with Crippen LogP contribution in [0.1, 0.15) is 103 Å². The van der Waals surface area contributed by atoms with E-state index in [0.717, 1.165) is 27.8 Å². The van der Waals surface area contributed by atoms with Crippen molar-refractivity contribution in [2.75, 3.05) is 0 Å². The molecule has 3 N–H and O–H groups in total. The largest absolute Gasteiger partial charge is 0.507 e. The van der Waals surface area contributed by atoms with Gasteiger partial charge in [0.2, 0.25) is 0 Å². The van der Waals surface area contributed by atoms with E-state index in [-0.39, 0.29) is 27.7 Å². The van der Waals surface area contributed by atoms with Crippen molar-refractivity contribution in [2.24, 2.45) is 5.92 Å². The maximum Gasteiger partial charge on any atom is 0.306 e. The first-order chi connectivity index (χ1) is 14.8. The summed E-state index contributed by atoms with van der Waals surface area (Å²) in [6.07, 6.45) is 0.746. The lowest BCUT2D eigenvalue weighted by molar-refractivity contribution is -0.141. The van der Waals surface area contributed by atoms with Gasteiger partial charge in [0.25, 0.3) is 0 Å². The number of phenolic OH excluding ortho intramolecular Hbond substituents is 2. The van der Waals surface area contributed by atoms with Gasteiger partial charge in [0.05, 0.1) is 5.92 Å². The highest BCUT2D eigenvalue weighted by atomic mass is 16.4. The van der Waals surface area contributed by atoms with Gasteiger partial charge in [-0.15, -0.1) is 0 Å². The van der Waals surface area contributed by atoms with Gasteiger partial charge in [0, 0.05) is 6.42 Å². The summed E-state index contributed by atoms with van der Waals surface area (Å²) in [6.45, 7) is 20.5. The van der Waals surface area contributed by atoms with Gasteiger partial charge in [-0.05, 0) is 56.0 Å². The molecule has 0 aromatic heterocycles. The number of carbonyl (C=O) groups is 1. The Morgan fingerprint density at radius 2 is 1.21 bits per heavy atom. The Bertz CT molecular complexity index is 1030. The molecule has 0 fully saturated rings. The fraction of sp³-hybridized carbons (Fsp3) is 0.552. The van der Waals surface area contributed by atoms with Crippen LogP contribution in [-0.2, 0) is 33.9 Å². The molecule has 0 radical (unpaired) electrons. The summed E-state index contributed by atoms with van der Waals surface area (Å²) in [5.41, 5.74) is 4.51. The molecule has 0 spiro atoms. The zero-order valence-electron chi connectivity index (χ0n) is 22.1. The summed E-state index contributed by atoms with van der Waals surface area (Å²) >= 11 is 0. The number of aromatic hydroxyl groups is 2. The molecule has 2 rings (SSSR count). The number of hydrogen-bond donors (Lipinski definition) is 3. The fourth-order valence-corrected chi connectivity index (χ4v) is 4.06. The Labute approximate surface area is 199 Å². The molecule has 0 aliphatic carbocycles. The monoisotopic (exact) mass is 454 g/mol. The molecule has 0 bridgehead atoms. The van der Waals surface area contributed by atoms with E-state index in [2.05, 4.69) is 47.6 Å². The van der Waals surface area contributed by atoms with E-state index in [1.807, 2.05) is 39.0 Å². The molecule has 0 heterocycles. The van der Waals surface area contributed by atoms with Crippen LogP contribution in [0.4, 0.5) is 0 Å². The smallest absolute Gasteiger partial charge is 0.306 e. The van der Waals surface area contributed by atoms with Gasteiger partial charge in [-0.2, -0.15) is 0 Å². The zero-order chi connectivity index (χ0) is 25.5. The molecule has 1 atom stereocenters. The van der Waals surface area contributed by atoms with E-state index in [1.54, 1.807) is 6.92 Å². The van der Waals surface area contributed by atoms with Crippen molar-refractivity contribution in [3.8, 4) is 11.5 Å². The van der Waals surface area contributed by atoms with Crippen molar-refractivity contribution in [1.29, 1.82) is 0 Å². The summed E-state index contributed by atoms with van der Waals surface area (Å²) in [6, 6.07) is 7.94. The van der Waals surface area contributed by atoms with E-state index in [0.29, 0.717) is 18.4 Å². The number of carboxylic acid groups (broad SMARTS) is 1. The van der Waals surface area contributed by atoms with Crippen molar-refractivity contribution in [1.82, 2.24) is 0 Å². The number of phenols is 2. The van der Waals surface area contributed by atoms with Crippen LogP contribution in [0.5, 0.6) is 11.5 Å². The molecule has 0 saturated heterocycles. The van der Waals surface area contributed by atoms with Gasteiger partial charge in [0.15, 0.2) is 0 Å². The molecular formula is C29H42O4. The summed E-state index contributed by atoms with van der Waals surface area (Å²) in [7, 11) is 0. The number of carboxylic acids is 1. The molecular weight excluding hydrogens is 412 g/mol. The lowest BCUT2D eigenvalue weighted by Crippen LogP contribution is -2.18. The maximum atomic E-state index is 11.5. The van der Waals surface area contributed by atoms with Gasteiger partial charge in [0.1, 0.15) is 11.5 Å². The summed E-state index contributed by atoms with van der Waals surface area (Å²) in [5.74, 6) is -0.892. The van der Waals surface area contributed by atoms with Crippen LogP contribution in [0.3, 0.4) is 0 Å². The third-order valence-electron chi connectivity index (χ3n) is 6.26. The van der Waals surface area contributed by atoms with Crippen LogP contribution in [0.15, 0.2) is 24.3 Å². The average Bonchev–Trinajstić information content (AvgIpc) is 2.62. The standard InChI is InChI=1S/C29H42O4/c1-17(26(32)33)11-18-12-19(24(30)22(13-18)28(5,6)7)14-20-15-21(27(2,3)4)16-23(25(20)31)29(8,9)10/h12-13,15-17,30-31H,11,14H2,1-10H3,(H,32,33). The van der Waals surface area contributed by atoms with Crippen molar-refractivity contribution < 1.29 is 20.1 Å². The van der Waals surface area contributed by atoms with Gasteiger partial charge < -0.3 is 15.3 Å². The molecule has 1 unspecified atom stereocenters. The summed E-state index contributed by atoms with van der Waals surface area (Å²) in [4.78, 5) is 11.5. The average molecular weight is 455 g/mol. The molecule has 182 valence electrons. The highest BCUT2D eigenvalue weighted by Gasteiger charge is 2.27. The predicted molar refractivity (Wildman–Crippen MR) is 136 cm³/mol. The molecule has 0 amide bonds. The Hall–Kier alpha value is -2.49. The van der Waals surface area contributed by atoms with E-state index in [1.165, 1.54) is 0 Å². The molecule has 0 aliphatic heterocycles. The molecule has 2 aromatic rings. The van der Waals surface area contributed by atoms with Crippen LogP contribution >= 0.6 is 0 Å². The summed E-state index contributed by atoms with van der Waals surface area (Å²) < 4.78 is 0. The van der Waals surface area contributed by atoms with Crippen LogP contribution in [-0.4, -0.2) is 21.3 Å². The second-order valence-corrected chi connectivity index (χ2v) is 12.6. The topological polar surface area (TPSA) is 77.8 Å². The third kappa shape index (κ3) is 6.31. The van der Waals surface area contributed by atoms with Crippen molar-refractivity contribution >= 4 is 5.97 Å². The first-order valence-electron chi connectivity index (χ1n) is 11.8. The molecule has 0 aliphatic rings. The van der Waals surface area contributed by atoms with Gasteiger partial charge in [-0.25, -0.2) is 0 Å². The van der Waals surface area contributed by atoms with Crippen LogP contribution in [0, 0.1) is 5.92 Å². The predicted octanol–water partition coefficient (Wildman–Crippen LogP) is 6.84. The van der Waals surface area contributed by atoms with Crippen LogP contribution < -0.4 is 0 Å². The minimum atomic E-state index is -0.840. The lowest BCUT2D eigenvalue weighted by atomic mass is 9.77. The second kappa shape index (κ2) is 9.04. The Balaban J connectivity index is 2.72. The molecule has 33 heavy (non-hydrogen) atoms. The number of hydrogen-bond acceptors (Lipinski definition) is 3. The quantitative estimate of drug-likeness (QED) is 0.462. The maximum absolute atomic E-state index is 11.5. The zero-order valence-corrected chi connectivity index (χ0v) is 22.1. The van der Waals surface area contributed by atoms with E-state index in [4.69, 9.17) is 0 Å². The van der Waals surface area contributed by atoms with Crippen LogP contribution in [0.2, 0.25) is 0 Å². The van der Waals surface area contributed by atoms with Crippen molar-refractivity contribution in [3.63, 3.8) is 0 Å². The minimum absolute atomic E-state index is 0.0974. The Morgan fingerprint density at radius 1 is 0.758 bits per heavy atom. The second-order valence-electron chi connectivity index (χ2n) is 12.6. The fourth-order valence-electron chi connectivity index (χ4n) is 4.06. The first-order valence-corrected chi connectivity index (χ1v) is 11.8. The SMILES string of the molecule is CC(Cc1cc(Cc2cc(C(C)(C)C)cc(C(C)(C)C)c2O)c(O)c(C(C)(C)C)c1)C(=O)O. The number of rotatable bonds is 5. The first kappa shape index (κ1) is 26.8. The van der Waals surface area contributed by atoms with Gasteiger partial charge in [-0.1, -0.05) is 93.5 Å². The highest BCUT2D eigenvalue weighted by molar-refractivity contribution is 5.70. The number of benzene rings is 2. The van der Waals surface area contributed by atoms with Crippen LogP contribution in [0.25, 0.3) is 0 Å². The molecule has 4 heteroatoms. The van der Waals surface area contributed by atoms with Crippen molar-refractivity contribution in [2.45, 2.75) is 98.3 Å². The molecule has 0 saturated carbocycles. The number of aliphatic carboxylic acids is 1. The summed E-state index contributed by atoms with van der Waals surface area (Å²) in [5, 5.41) is 31.8. The Morgan fingerprint density at radius 3 is 1.64 bits per heavy atom. The van der Waals surface area contributed by atoms with Gasteiger partial charge >= 0.3 is 5.97 Å². The lowest BCUT2D eigenvalue weighted by Gasteiger charge is -2.28. The van der Waals surface area contributed by atoms with E-state index >= 15 is 0 Å². The minimum Gasteiger partial charge on any atom is -0.507 e. The molecule has 2 aromatic carbocycles. The van der Waals surface area contributed by atoms with Crippen molar-refractivity contribution in [3.05, 3.63) is 57.6 Å². The van der Waals surface area contributed by atoms with E-state index in [9.17, 15) is 20.1 Å². The van der Waals surface area contributed by atoms with E-state index < -0.39 is 11.9 Å². The molecule has 4 nitrogen and oxygen atoms in total. The van der Waals surface area contributed by atoms with Gasteiger partial charge in [-0.3, -0.25) is 4.79 Å². The third-order valence-corrected chi connectivity index (χ3v) is 6.26.